The second-order valence-corrected chi connectivity index (χ2v) is 10.6. The third kappa shape index (κ3) is 4.97. The highest BCUT2D eigenvalue weighted by Crippen LogP contribution is 2.40. The Morgan fingerprint density at radius 1 is 1.03 bits per heavy atom. The topological polar surface area (TPSA) is 79.4 Å². The zero-order chi connectivity index (χ0) is 27.0. The molecule has 1 amide bonds. The van der Waals surface area contributed by atoms with E-state index in [0.717, 1.165) is 39.7 Å². The molecule has 0 unspecified atom stereocenters. The first-order valence-electron chi connectivity index (χ1n) is 13.0. The van der Waals surface area contributed by atoms with Crippen molar-refractivity contribution in [3.8, 4) is 34.3 Å². The van der Waals surface area contributed by atoms with Crippen LogP contribution in [0.2, 0.25) is 0 Å². The van der Waals surface area contributed by atoms with Gasteiger partial charge in [-0.3, -0.25) is 4.79 Å². The molecule has 0 N–H and O–H groups in total. The minimum atomic E-state index is -0.292. The van der Waals surface area contributed by atoms with Gasteiger partial charge in [-0.15, -0.1) is 0 Å². The third-order valence-electron chi connectivity index (χ3n) is 7.49. The highest BCUT2D eigenvalue weighted by molar-refractivity contribution is 5.91. The third-order valence-corrected chi connectivity index (χ3v) is 7.49. The van der Waals surface area contributed by atoms with Gasteiger partial charge in [0.05, 0.1) is 39.2 Å². The number of nitrogens with zero attached hydrogens (tertiary/aromatic N) is 2. The highest BCUT2D eigenvalue weighted by atomic mass is 16.5. The maximum atomic E-state index is 13.6. The monoisotopic (exact) mass is 520 g/mol. The minimum Gasteiger partial charge on any atom is -0.497 e. The summed E-state index contributed by atoms with van der Waals surface area (Å²) in [5.74, 6) is 2.76. The van der Waals surface area contributed by atoms with E-state index in [4.69, 9.17) is 28.7 Å². The molecule has 0 radical (unpaired) electrons. The zero-order valence-corrected chi connectivity index (χ0v) is 23.1. The van der Waals surface area contributed by atoms with Crippen molar-refractivity contribution in [2.24, 2.45) is 5.92 Å². The number of aryl methyl sites for hydroxylation is 1. The normalized spacial score (nSPS) is 18.8. The summed E-state index contributed by atoms with van der Waals surface area (Å²) in [6, 6.07) is 9.86. The fourth-order valence-corrected chi connectivity index (χ4v) is 5.53. The zero-order valence-electron chi connectivity index (χ0n) is 23.1. The van der Waals surface area contributed by atoms with Crippen LogP contribution in [0.5, 0.6) is 23.0 Å². The van der Waals surface area contributed by atoms with Crippen molar-refractivity contribution in [3.05, 3.63) is 41.5 Å². The summed E-state index contributed by atoms with van der Waals surface area (Å²) in [6.07, 6.45) is 1.45. The van der Waals surface area contributed by atoms with E-state index in [9.17, 15) is 4.79 Å². The van der Waals surface area contributed by atoms with Gasteiger partial charge in [-0.25, -0.2) is 4.98 Å². The van der Waals surface area contributed by atoms with Crippen LogP contribution in [0.15, 0.2) is 30.3 Å². The van der Waals surface area contributed by atoms with E-state index in [0.29, 0.717) is 55.7 Å². The van der Waals surface area contributed by atoms with Crippen LogP contribution in [0.4, 0.5) is 0 Å². The molecule has 2 aliphatic rings. The summed E-state index contributed by atoms with van der Waals surface area (Å²) in [7, 11) is 4.90. The number of hydrogen-bond donors (Lipinski definition) is 0. The molecule has 1 fully saturated rings. The van der Waals surface area contributed by atoms with Crippen LogP contribution < -0.4 is 18.9 Å². The summed E-state index contributed by atoms with van der Waals surface area (Å²) >= 11 is 0. The average Bonchev–Trinajstić information content (AvgIpc) is 3.13. The van der Waals surface area contributed by atoms with Crippen LogP contribution in [-0.2, 0) is 16.1 Å². The lowest BCUT2D eigenvalue weighted by molar-refractivity contribution is -0.146. The molecule has 3 heterocycles. The SMILES string of the molecule is COc1cc(OC)c2nc(-c3cc4c(c(OC)c3)OCCN(C(=O)[C@H]3CCOC(C)(C)C3)C4)cc(C)c2c1. The average molecular weight is 521 g/mol. The standard InChI is InChI=1S/C30H36N2O6/c1-18-11-24(31-27-23(18)14-22(34-4)15-25(27)35-5)20-12-21-17-32(8-10-37-28(21)26(13-20)36-6)29(33)19-7-9-38-30(2,3)16-19/h11-15,19H,7-10,16-17H2,1-6H3/t19-/m0/s1. The molecule has 0 bridgehead atoms. The van der Waals surface area contributed by atoms with Gasteiger partial charge in [-0.2, -0.15) is 0 Å². The van der Waals surface area contributed by atoms with E-state index in [2.05, 4.69) is 6.07 Å². The van der Waals surface area contributed by atoms with E-state index in [1.807, 2.05) is 49.9 Å². The molecular weight excluding hydrogens is 484 g/mol. The first kappa shape index (κ1) is 26.1. The van der Waals surface area contributed by atoms with E-state index in [-0.39, 0.29) is 17.4 Å². The van der Waals surface area contributed by atoms with Crippen molar-refractivity contribution in [2.45, 2.75) is 45.8 Å². The highest BCUT2D eigenvalue weighted by Gasteiger charge is 2.36. The Labute approximate surface area is 223 Å². The molecule has 202 valence electrons. The maximum absolute atomic E-state index is 13.6. The number of fused-ring (bicyclic) bond motifs is 2. The maximum Gasteiger partial charge on any atom is 0.226 e. The fraction of sp³-hybridized carbons (Fsp3) is 0.467. The number of hydrogen-bond acceptors (Lipinski definition) is 7. The van der Waals surface area contributed by atoms with E-state index in [1.165, 1.54) is 0 Å². The second kappa shape index (κ2) is 10.3. The molecule has 0 spiro atoms. The molecule has 2 aromatic carbocycles. The molecule has 2 aliphatic heterocycles. The van der Waals surface area contributed by atoms with Crippen molar-refractivity contribution in [2.75, 3.05) is 41.1 Å². The van der Waals surface area contributed by atoms with E-state index >= 15 is 0 Å². The second-order valence-electron chi connectivity index (χ2n) is 10.6. The molecular formula is C30H36N2O6. The molecule has 0 aliphatic carbocycles. The Morgan fingerprint density at radius 3 is 2.53 bits per heavy atom. The lowest BCUT2D eigenvalue weighted by Crippen LogP contribution is -2.43. The molecule has 1 saturated heterocycles. The van der Waals surface area contributed by atoms with Gasteiger partial charge in [-0.05, 0) is 63.4 Å². The quantitative estimate of drug-likeness (QED) is 0.460. The Hall–Kier alpha value is -3.52. The molecule has 0 saturated carbocycles. The number of methoxy groups -OCH3 is 3. The number of rotatable bonds is 5. The lowest BCUT2D eigenvalue weighted by Gasteiger charge is -2.36. The summed E-state index contributed by atoms with van der Waals surface area (Å²) in [4.78, 5) is 20.5. The van der Waals surface area contributed by atoms with Crippen LogP contribution in [0.25, 0.3) is 22.2 Å². The van der Waals surface area contributed by atoms with Crippen molar-refractivity contribution in [1.82, 2.24) is 9.88 Å². The molecule has 3 aromatic rings. The van der Waals surface area contributed by atoms with Crippen LogP contribution in [-0.4, -0.2) is 62.5 Å². The van der Waals surface area contributed by atoms with Crippen molar-refractivity contribution in [3.63, 3.8) is 0 Å². The summed E-state index contributed by atoms with van der Waals surface area (Å²) in [5, 5.41) is 0.964. The molecule has 1 atom stereocenters. The van der Waals surface area contributed by atoms with Gasteiger partial charge in [0.25, 0.3) is 0 Å². The fourth-order valence-electron chi connectivity index (χ4n) is 5.53. The first-order chi connectivity index (χ1) is 18.2. The van der Waals surface area contributed by atoms with Crippen LogP contribution in [0, 0.1) is 12.8 Å². The molecule has 8 nitrogen and oxygen atoms in total. The number of carbonyl (C=O) groups is 1. The molecule has 8 heteroatoms. The molecule has 1 aromatic heterocycles. The summed E-state index contributed by atoms with van der Waals surface area (Å²) in [5.41, 5.74) is 4.08. The van der Waals surface area contributed by atoms with Crippen molar-refractivity contribution in [1.29, 1.82) is 0 Å². The number of benzene rings is 2. The van der Waals surface area contributed by atoms with Gasteiger partial charge in [-0.1, -0.05) is 0 Å². The predicted octanol–water partition coefficient (Wildman–Crippen LogP) is 5.16. The van der Waals surface area contributed by atoms with Crippen molar-refractivity contribution < 1.29 is 28.5 Å². The minimum absolute atomic E-state index is 0.0559. The number of amides is 1. The Morgan fingerprint density at radius 2 is 1.82 bits per heavy atom. The van der Waals surface area contributed by atoms with E-state index in [1.54, 1.807) is 21.3 Å². The van der Waals surface area contributed by atoms with Crippen molar-refractivity contribution >= 4 is 16.8 Å². The molecule has 38 heavy (non-hydrogen) atoms. The summed E-state index contributed by atoms with van der Waals surface area (Å²) in [6.45, 7) is 8.13. The number of ether oxygens (including phenoxy) is 5. The smallest absolute Gasteiger partial charge is 0.226 e. The number of carbonyl (C=O) groups excluding carboxylic acids is 1. The Kier molecular flexibility index (Phi) is 7.09. The summed E-state index contributed by atoms with van der Waals surface area (Å²) < 4.78 is 28.8. The first-order valence-corrected chi connectivity index (χ1v) is 13.0. The van der Waals surface area contributed by atoms with Gasteiger partial charge in [0.2, 0.25) is 5.91 Å². The number of pyridine rings is 1. The Balaban J connectivity index is 1.53. The molecule has 5 rings (SSSR count). The van der Waals surface area contributed by atoms with Crippen LogP contribution in [0.3, 0.4) is 0 Å². The van der Waals surface area contributed by atoms with Crippen LogP contribution >= 0.6 is 0 Å². The van der Waals surface area contributed by atoms with Gasteiger partial charge in [0, 0.05) is 41.6 Å². The number of aromatic nitrogens is 1. The van der Waals surface area contributed by atoms with Crippen LogP contribution in [0.1, 0.15) is 37.8 Å². The lowest BCUT2D eigenvalue weighted by atomic mass is 9.87. The van der Waals surface area contributed by atoms with Gasteiger partial charge in [0.1, 0.15) is 23.6 Å². The van der Waals surface area contributed by atoms with Gasteiger partial charge in [0.15, 0.2) is 11.5 Å². The van der Waals surface area contributed by atoms with E-state index < -0.39 is 0 Å². The van der Waals surface area contributed by atoms with Gasteiger partial charge < -0.3 is 28.6 Å². The van der Waals surface area contributed by atoms with Gasteiger partial charge >= 0.3 is 0 Å². The largest absolute Gasteiger partial charge is 0.497 e. The predicted molar refractivity (Wildman–Crippen MR) is 145 cm³/mol. The Bertz CT molecular complexity index is 1370.